The highest BCUT2D eigenvalue weighted by Gasteiger charge is 2.35. The van der Waals surface area contributed by atoms with E-state index in [-0.39, 0.29) is 17.9 Å². The van der Waals surface area contributed by atoms with Crippen molar-refractivity contribution in [3.63, 3.8) is 0 Å². The van der Waals surface area contributed by atoms with Gasteiger partial charge in [0.1, 0.15) is 24.0 Å². The van der Waals surface area contributed by atoms with E-state index in [9.17, 15) is 9.59 Å². The van der Waals surface area contributed by atoms with E-state index in [2.05, 4.69) is 60.5 Å². The van der Waals surface area contributed by atoms with Crippen molar-refractivity contribution in [2.24, 2.45) is 5.92 Å². The molecule has 7 nitrogen and oxygen atoms in total. The Morgan fingerprint density at radius 2 is 1.67 bits per heavy atom. The molecule has 2 amide bonds. The van der Waals surface area contributed by atoms with Crippen LogP contribution in [0.3, 0.4) is 0 Å². The summed E-state index contributed by atoms with van der Waals surface area (Å²) in [5.74, 6) is 0.863. The molecule has 3 rings (SSSR count). The fraction of sp³-hybridized carbons (Fsp3) is 0.543. The molecule has 1 aliphatic rings. The van der Waals surface area contributed by atoms with Crippen LogP contribution in [0.15, 0.2) is 66.7 Å². The number of carbonyl (C=O) groups is 2. The summed E-state index contributed by atoms with van der Waals surface area (Å²) in [5.41, 5.74) is 0.987. The summed E-state index contributed by atoms with van der Waals surface area (Å²) in [6, 6.07) is 17.9. The van der Waals surface area contributed by atoms with Crippen molar-refractivity contribution in [1.29, 1.82) is 0 Å². The summed E-state index contributed by atoms with van der Waals surface area (Å²) in [5, 5.41) is 3.27. The summed E-state index contributed by atoms with van der Waals surface area (Å²) >= 11 is 0. The zero-order valence-electron chi connectivity index (χ0n) is 26.9. The van der Waals surface area contributed by atoms with Crippen molar-refractivity contribution in [2.75, 3.05) is 18.5 Å². The molecule has 0 radical (unpaired) electrons. The van der Waals surface area contributed by atoms with E-state index >= 15 is 0 Å². The largest absolute Gasteiger partial charge is 0.489 e. The summed E-state index contributed by atoms with van der Waals surface area (Å²) in [6.07, 6.45) is 7.83. The van der Waals surface area contributed by atoms with Crippen LogP contribution in [-0.4, -0.2) is 53.7 Å². The van der Waals surface area contributed by atoms with E-state index < -0.39 is 23.3 Å². The maximum Gasteiger partial charge on any atom is 0.410 e. The fourth-order valence-corrected chi connectivity index (χ4v) is 5.16. The van der Waals surface area contributed by atoms with Crippen molar-refractivity contribution < 1.29 is 19.1 Å². The number of nitrogens with one attached hydrogen (secondary N) is 1. The van der Waals surface area contributed by atoms with Crippen LogP contribution in [0.4, 0.5) is 10.5 Å². The zero-order valence-corrected chi connectivity index (χ0v) is 26.9. The Balaban J connectivity index is 1.76. The van der Waals surface area contributed by atoms with Gasteiger partial charge in [-0.2, -0.15) is 0 Å². The lowest BCUT2D eigenvalue weighted by atomic mass is 9.96. The molecule has 2 unspecified atom stereocenters. The lowest BCUT2D eigenvalue weighted by Crippen LogP contribution is -2.58. The van der Waals surface area contributed by atoms with Crippen LogP contribution in [0.25, 0.3) is 0 Å². The Morgan fingerprint density at radius 1 is 1.00 bits per heavy atom. The Labute approximate surface area is 253 Å². The summed E-state index contributed by atoms with van der Waals surface area (Å²) in [6.45, 7) is 14.8. The maximum absolute atomic E-state index is 13.7. The minimum atomic E-state index is -0.639. The Hall–Kier alpha value is -3.48. The normalized spacial score (nSPS) is 16.1. The van der Waals surface area contributed by atoms with Gasteiger partial charge in [-0.1, -0.05) is 56.3 Å². The molecule has 2 atom stereocenters. The Morgan fingerprint density at radius 3 is 2.24 bits per heavy atom. The van der Waals surface area contributed by atoms with Gasteiger partial charge in [0.2, 0.25) is 5.91 Å². The number of amides is 2. The van der Waals surface area contributed by atoms with Gasteiger partial charge in [0.05, 0.1) is 5.54 Å². The second-order valence-electron chi connectivity index (χ2n) is 13.4. The van der Waals surface area contributed by atoms with E-state index in [1.807, 2.05) is 65.0 Å². The highest BCUT2D eigenvalue weighted by Crippen LogP contribution is 2.28. The van der Waals surface area contributed by atoms with Gasteiger partial charge in [-0.25, -0.2) is 4.79 Å². The number of allylic oxidation sites excluding steroid dienone is 1. The van der Waals surface area contributed by atoms with E-state index in [0.29, 0.717) is 19.6 Å². The zero-order chi connectivity index (χ0) is 30.9. The minimum Gasteiger partial charge on any atom is -0.489 e. The van der Waals surface area contributed by atoms with E-state index in [1.54, 1.807) is 7.05 Å². The van der Waals surface area contributed by atoms with Crippen molar-refractivity contribution in [3.05, 3.63) is 72.3 Å². The molecule has 7 heteroatoms. The van der Waals surface area contributed by atoms with Crippen LogP contribution in [0.2, 0.25) is 0 Å². The maximum atomic E-state index is 13.7. The number of carbonyl (C=O) groups excluding carboxylic acids is 2. The fourth-order valence-electron chi connectivity index (χ4n) is 5.16. The second-order valence-corrected chi connectivity index (χ2v) is 13.4. The van der Waals surface area contributed by atoms with Gasteiger partial charge >= 0.3 is 6.09 Å². The number of nitrogens with zero attached hydrogens (tertiary/aromatic N) is 2. The molecule has 0 aliphatic heterocycles. The average Bonchev–Trinajstić information content (AvgIpc) is 2.93. The number of likely N-dealkylation sites (N-methyl/N-ethyl adjacent to an activating group) is 1. The first-order valence-electron chi connectivity index (χ1n) is 15.2. The molecule has 0 heterocycles. The average molecular weight is 578 g/mol. The second kappa shape index (κ2) is 14.6. The molecule has 2 aromatic rings. The molecule has 0 spiro atoms. The first kappa shape index (κ1) is 33.0. The van der Waals surface area contributed by atoms with Gasteiger partial charge in [-0.3, -0.25) is 9.69 Å². The molecule has 1 aliphatic carbocycles. The first-order valence-corrected chi connectivity index (χ1v) is 15.2. The third-order valence-corrected chi connectivity index (χ3v) is 7.22. The molecular formula is C35H51N3O4. The van der Waals surface area contributed by atoms with Gasteiger partial charge in [-0.15, -0.1) is 0 Å². The number of anilines is 1. The monoisotopic (exact) mass is 577 g/mol. The summed E-state index contributed by atoms with van der Waals surface area (Å²) in [7, 11) is 1.65. The third kappa shape index (κ3) is 10.4. The number of ether oxygens (including phenoxy) is 2. The third-order valence-electron chi connectivity index (χ3n) is 7.22. The molecular weight excluding hydrogens is 526 g/mol. The quantitative estimate of drug-likeness (QED) is 0.267. The lowest BCUT2D eigenvalue weighted by molar-refractivity contribution is -0.128. The lowest BCUT2D eigenvalue weighted by Gasteiger charge is -2.41. The molecule has 0 aromatic heterocycles. The molecule has 2 aromatic carbocycles. The molecule has 1 N–H and O–H groups in total. The number of hydrogen-bond donors (Lipinski definition) is 1. The van der Waals surface area contributed by atoms with Crippen molar-refractivity contribution in [3.8, 4) is 5.75 Å². The highest BCUT2D eigenvalue weighted by atomic mass is 16.6. The van der Waals surface area contributed by atoms with E-state index in [1.165, 1.54) is 4.90 Å². The molecule has 0 saturated heterocycles. The van der Waals surface area contributed by atoms with Crippen LogP contribution in [-0.2, 0) is 16.1 Å². The van der Waals surface area contributed by atoms with Crippen LogP contribution >= 0.6 is 0 Å². The Bertz CT molecular complexity index is 1170. The SMILES string of the molecule is CC(C)CC(C(=O)NC(C)(C)CN(c1ccc(OCc2ccccc2)cc1)C1C=CCCC1)N(C)C(=O)OC(C)(C)C. The topological polar surface area (TPSA) is 71.1 Å². The Kier molecular flexibility index (Phi) is 11.5. The van der Waals surface area contributed by atoms with Crippen molar-refractivity contribution in [1.82, 2.24) is 10.2 Å². The number of hydrogen-bond acceptors (Lipinski definition) is 5. The van der Waals surface area contributed by atoms with Crippen molar-refractivity contribution in [2.45, 2.75) is 104 Å². The first-order chi connectivity index (χ1) is 19.7. The predicted octanol–water partition coefficient (Wildman–Crippen LogP) is 7.36. The molecule has 0 saturated carbocycles. The molecule has 42 heavy (non-hydrogen) atoms. The smallest absolute Gasteiger partial charge is 0.410 e. The molecule has 0 bridgehead atoms. The van der Waals surface area contributed by atoms with Gasteiger partial charge in [-0.05, 0) is 96.0 Å². The van der Waals surface area contributed by atoms with Gasteiger partial charge in [0, 0.05) is 25.3 Å². The van der Waals surface area contributed by atoms with E-state index in [0.717, 1.165) is 36.3 Å². The summed E-state index contributed by atoms with van der Waals surface area (Å²) < 4.78 is 11.6. The van der Waals surface area contributed by atoms with Gasteiger partial charge < -0.3 is 19.7 Å². The number of benzene rings is 2. The highest BCUT2D eigenvalue weighted by molar-refractivity contribution is 5.86. The van der Waals surface area contributed by atoms with Crippen LogP contribution in [0.1, 0.15) is 79.7 Å². The molecule has 230 valence electrons. The molecule has 0 fully saturated rings. The summed E-state index contributed by atoms with van der Waals surface area (Å²) in [4.78, 5) is 30.4. The minimum absolute atomic E-state index is 0.175. The van der Waals surface area contributed by atoms with Crippen LogP contribution < -0.4 is 15.0 Å². The van der Waals surface area contributed by atoms with Crippen LogP contribution in [0.5, 0.6) is 5.75 Å². The van der Waals surface area contributed by atoms with Gasteiger partial charge in [0.25, 0.3) is 0 Å². The van der Waals surface area contributed by atoms with Gasteiger partial charge in [0.15, 0.2) is 0 Å². The standard InChI is InChI=1S/C35H51N3O4/c1-26(2)23-31(37(8)33(40)42-34(3,4)5)32(39)36-35(6,7)25-38(28-17-13-10-14-18-28)29-19-21-30(22-20-29)41-24-27-15-11-9-12-16-27/h9,11-13,15-17,19-22,26,28,31H,10,14,18,23-25H2,1-8H3,(H,36,39). The van der Waals surface area contributed by atoms with Crippen molar-refractivity contribution >= 4 is 17.7 Å². The van der Waals surface area contributed by atoms with Crippen LogP contribution in [0, 0.1) is 5.92 Å². The van der Waals surface area contributed by atoms with E-state index in [4.69, 9.17) is 9.47 Å². The number of rotatable bonds is 12. The predicted molar refractivity (Wildman–Crippen MR) is 171 cm³/mol.